The molecule has 0 aliphatic heterocycles. The van der Waals surface area contributed by atoms with Gasteiger partial charge < -0.3 is 14.8 Å². The number of ether oxygens (including phenoxy) is 2. The van der Waals surface area contributed by atoms with Gasteiger partial charge in [-0.15, -0.1) is 0 Å². The molecule has 1 unspecified atom stereocenters. The van der Waals surface area contributed by atoms with E-state index in [2.05, 4.69) is 25.7 Å². The van der Waals surface area contributed by atoms with Crippen LogP contribution in [0.15, 0.2) is 65.8 Å². The molecule has 1 aromatic rings. The minimum atomic E-state index is -1.02. The number of hydrogen-bond donors (Lipinski definition) is 1. The van der Waals surface area contributed by atoms with Gasteiger partial charge in [0.05, 0.1) is 13.0 Å². The van der Waals surface area contributed by atoms with E-state index in [1.165, 1.54) is 13.2 Å². The molecular weight excluding hydrogens is 534 g/mol. The van der Waals surface area contributed by atoms with Gasteiger partial charge in [-0.05, 0) is 61.3 Å². The molecule has 0 heterocycles. The Morgan fingerprint density at radius 1 is 1.19 bits per heavy atom. The zero-order valence-corrected chi connectivity index (χ0v) is 25.3. The second-order valence-corrected chi connectivity index (χ2v) is 11.7. The summed E-state index contributed by atoms with van der Waals surface area (Å²) in [6.07, 6.45) is 7.12. The number of amides is 1. The van der Waals surface area contributed by atoms with E-state index in [0.29, 0.717) is 35.8 Å². The maximum absolute atomic E-state index is 13.9. The molecule has 3 rings (SSSR count). The molecule has 0 bridgehead atoms. The van der Waals surface area contributed by atoms with Gasteiger partial charge in [-0.1, -0.05) is 76.6 Å². The van der Waals surface area contributed by atoms with Crippen molar-refractivity contribution in [2.45, 2.75) is 78.4 Å². The van der Waals surface area contributed by atoms with E-state index >= 15 is 0 Å². The van der Waals surface area contributed by atoms with E-state index in [1.54, 1.807) is 31.2 Å². The van der Waals surface area contributed by atoms with Gasteiger partial charge in [0.1, 0.15) is 12.4 Å². The van der Waals surface area contributed by atoms with Crippen molar-refractivity contribution < 1.29 is 33.4 Å². The van der Waals surface area contributed by atoms with Crippen LogP contribution in [0.1, 0.15) is 77.8 Å². The SMILES string of the molecule is C=C(C=O)[C@@H]1C[C@@]2(C)C(=CC1=O)[C@H](OC(=O)/C(C)=C/C(C)CCCC)CC[C@@H]2C(=O)N[C@H](C(=O)OC)c1ccccc1. The molecule has 8 nitrogen and oxygen atoms in total. The predicted octanol–water partition coefficient (Wildman–Crippen LogP) is 5.39. The number of esters is 2. The number of ketones is 1. The topological polar surface area (TPSA) is 116 Å². The van der Waals surface area contributed by atoms with Crippen LogP contribution in [0, 0.1) is 23.2 Å². The lowest BCUT2D eigenvalue weighted by Gasteiger charge is -2.49. The number of nitrogens with one attached hydrogen (secondary N) is 1. The molecule has 42 heavy (non-hydrogen) atoms. The summed E-state index contributed by atoms with van der Waals surface area (Å²) in [5, 5.41) is 2.86. The van der Waals surface area contributed by atoms with Gasteiger partial charge in [-0.2, -0.15) is 0 Å². The summed E-state index contributed by atoms with van der Waals surface area (Å²) in [5.74, 6) is -3.02. The van der Waals surface area contributed by atoms with Crippen LogP contribution in [0.3, 0.4) is 0 Å². The largest absolute Gasteiger partial charge is 0.467 e. The number of benzene rings is 1. The van der Waals surface area contributed by atoms with Crippen molar-refractivity contribution in [1.29, 1.82) is 0 Å². The van der Waals surface area contributed by atoms with E-state index in [9.17, 15) is 24.0 Å². The van der Waals surface area contributed by atoms with Gasteiger partial charge in [0, 0.05) is 16.9 Å². The third-order valence-corrected chi connectivity index (χ3v) is 8.65. The van der Waals surface area contributed by atoms with Crippen LogP contribution < -0.4 is 5.32 Å². The molecule has 1 saturated carbocycles. The number of rotatable bonds is 12. The fourth-order valence-electron chi connectivity index (χ4n) is 6.21. The number of allylic oxidation sites excluding steroid dienone is 3. The summed E-state index contributed by atoms with van der Waals surface area (Å²) >= 11 is 0. The Morgan fingerprint density at radius 3 is 2.50 bits per heavy atom. The maximum atomic E-state index is 13.9. The lowest BCUT2D eigenvalue weighted by molar-refractivity contribution is -0.150. The Balaban J connectivity index is 1.93. The fraction of sp³-hybridized carbons (Fsp3) is 0.500. The molecule has 0 aromatic heterocycles. The average Bonchev–Trinajstić information content (AvgIpc) is 2.98. The van der Waals surface area contributed by atoms with Gasteiger partial charge in [0.2, 0.25) is 5.91 Å². The van der Waals surface area contributed by atoms with Crippen LogP contribution in [0.2, 0.25) is 0 Å². The first-order valence-electron chi connectivity index (χ1n) is 14.7. The number of carbonyl (C=O) groups excluding carboxylic acids is 5. The zero-order chi connectivity index (χ0) is 31.0. The zero-order valence-electron chi connectivity index (χ0n) is 25.3. The highest BCUT2D eigenvalue weighted by atomic mass is 16.5. The van der Waals surface area contributed by atoms with E-state index < -0.39 is 47.2 Å². The molecule has 8 heteroatoms. The Morgan fingerprint density at radius 2 is 1.88 bits per heavy atom. The third-order valence-electron chi connectivity index (χ3n) is 8.65. The Bertz CT molecular complexity index is 1260. The third kappa shape index (κ3) is 7.33. The molecule has 1 amide bonds. The van der Waals surface area contributed by atoms with Crippen molar-refractivity contribution in [2.75, 3.05) is 7.11 Å². The second kappa shape index (κ2) is 14.4. The highest BCUT2D eigenvalue weighted by Crippen LogP contribution is 2.53. The van der Waals surface area contributed by atoms with Crippen LogP contribution in [-0.2, 0) is 33.4 Å². The predicted molar refractivity (Wildman–Crippen MR) is 159 cm³/mol. The number of carbonyl (C=O) groups is 5. The van der Waals surface area contributed by atoms with Crippen molar-refractivity contribution in [3.8, 4) is 0 Å². The summed E-state index contributed by atoms with van der Waals surface area (Å²) in [5.41, 5.74) is 0.803. The van der Waals surface area contributed by atoms with E-state index in [1.807, 2.05) is 19.1 Å². The summed E-state index contributed by atoms with van der Waals surface area (Å²) < 4.78 is 10.9. The molecule has 1 fully saturated rings. The molecule has 6 atom stereocenters. The number of unbranched alkanes of at least 4 members (excludes halogenated alkanes) is 1. The number of hydrogen-bond acceptors (Lipinski definition) is 7. The van der Waals surface area contributed by atoms with Gasteiger partial charge in [0.25, 0.3) is 0 Å². The maximum Gasteiger partial charge on any atom is 0.333 e. The van der Waals surface area contributed by atoms with E-state index in [0.717, 1.165) is 19.3 Å². The fourth-order valence-corrected chi connectivity index (χ4v) is 6.21. The van der Waals surface area contributed by atoms with Gasteiger partial charge >= 0.3 is 11.9 Å². The van der Waals surface area contributed by atoms with Crippen LogP contribution in [0.4, 0.5) is 0 Å². The first-order valence-corrected chi connectivity index (χ1v) is 14.7. The minimum Gasteiger partial charge on any atom is -0.467 e. The molecule has 1 aromatic carbocycles. The standard InChI is InChI=1S/C34H43NO7/c1-7-8-12-21(2)17-22(3)32(39)42-29-16-15-26(34(5)19-25(23(4)20-36)28(37)18-27(29)34)31(38)35-30(33(40)41-6)24-13-10-9-11-14-24/h9-11,13-14,17-18,20-21,25-26,29-30H,4,7-8,12,15-16,19H2,1-3,5-6H3,(H,35,38)/b22-17+/t21?,25-,26+,29+,30-,34+/m0/s1. The van der Waals surface area contributed by atoms with Crippen molar-refractivity contribution in [3.63, 3.8) is 0 Å². The molecule has 0 spiro atoms. The van der Waals surface area contributed by atoms with Crippen molar-refractivity contribution in [2.24, 2.45) is 23.2 Å². The van der Waals surface area contributed by atoms with Crippen LogP contribution >= 0.6 is 0 Å². The average molecular weight is 578 g/mol. The lowest BCUT2D eigenvalue weighted by atomic mass is 9.56. The van der Waals surface area contributed by atoms with Crippen molar-refractivity contribution >= 4 is 29.9 Å². The van der Waals surface area contributed by atoms with Crippen LogP contribution in [-0.4, -0.2) is 43.1 Å². The summed E-state index contributed by atoms with van der Waals surface area (Å²) in [7, 11) is 1.26. The summed E-state index contributed by atoms with van der Waals surface area (Å²) in [4.78, 5) is 64.5. The molecule has 0 radical (unpaired) electrons. The van der Waals surface area contributed by atoms with Gasteiger partial charge in [-0.25, -0.2) is 9.59 Å². The molecule has 2 aliphatic rings. The molecule has 1 N–H and O–H groups in total. The van der Waals surface area contributed by atoms with Crippen molar-refractivity contribution in [1.82, 2.24) is 5.32 Å². The van der Waals surface area contributed by atoms with Crippen molar-refractivity contribution in [3.05, 3.63) is 71.3 Å². The Kier molecular flexibility index (Phi) is 11.2. The number of aldehydes is 1. The normalized spacial score (nSPS) is 25.3. The highest BCUT2D eigenvalue weighted by molar-refractivity contribution is 6.00. The Labute approximate surface area is 248 Å². The van der Waals surface area contributed by atoms with E-state index in [4.69, 9.17) is 9.47 Å². The van der Waals surface area contributed by atoms with E-state index in [-0.39, 0.29) is 23.7 Å². The first kappa shape index (κ1) is 32.7. The minimum absolute atomic E-state index is 0.131. The lowest BCUT2D eigenvalue weighted by Crippen LogP contribution is -2.52. The molecule has 0 saturated heterocycles. The number of methoxy groups -OCH3 is 1. The number of fused-ring (bicyclic) bond motifs is 1. The Hall–Kier alpha value is -3.81. The second-order valence-electron chi connectivity index (χ2n) is 11.7. The van der Waals surface area contributed by atoms with Gasteiger partial charge in [0.15, 0.2) is 11.8 Å². The quantitative estimate of drug-likeness (QED) is 0.201. The van der Waals surface area contributed by atoms with Crippen LogP contribution in [0.25, 0.3) is 0 Å². The first-order chi connectivity index (χ1) is 20.0. The van der Waals surface area contributed by atoms with Gasteiger partial charge in [-0.3, -0.25) is 14.4 Å². The smallest absolute Gasteiger partial charge is 0.333 e. The van der Waals surface area contributed by atoms with Crippen LogP contribution in [0.5, 0.6) is 0 Å². The molecular formula is C34H43NO7. The summed E-state index contributed by atoms with van der Waals surface area (Å²) in [6, 6.07) is 7.78. The summed E-state index contributed by atoms with van der Waals surface area (Å²) in [6.45, 7) is 11.5. The molecule has 226 valence electrons. The molecule has 2 aliphatic carbocycles. The highest BCUT2D eigenvalue weighted by Gasteiger charge is 2.53. The monoisotopic (exact) mass is 577 g/mol.